The summed E-state index contributed by atoms with van der Waals surface area (Å²) < 4.78 is 5.96. The molecule has 0 aliphatic rings. The third kappa shape index (κ3) is 35.6. The highest BCUT2D eigenvalue weighted by Gasteiger charge is 2.19. The van der Waals surface area contributed by atoms with E-state index >= 15 is 0 Å². The van der Waals surface area contributed by atoms with Crippen molar-refractivity contribution in [3.8, 4) is 0 Å². The van der Waals surface area contributed by atoms with Crippen molar-refractivity contribution >= 4 is 23.8 Å². The van der Waals surface area contributed by atoms with Crippen LogP contribution >= 0.6 is 0 Å². The number of allylic oxidation sites excluding steroid dienone is 10. The largest absolute Gasteiger partial charge is 0.480 e. The summed E-state index contributed by atoms with van der Waals surface area (Å²) in [5, 5.41) is 22.5. The average Bonchev–Trinajstić information content (AvgIpc) is 3.15. The van der Waals surface area contributed by atoms with Gasteiger partial charge in [-0.15, -0.1) is 0 Å². The third-order valence-electron chi connectivity index (χ3n) is 9.03. The lowest BCUT2D eigenvalue weighted by Gasteiger charge is -2.18. The number of hydrogen-bond acceptors (Lipinski definition) is 6. The zero-order chi connectivity index (χ0) is 39.7. The summed E-state index contributed by atoms with van der Waals surface area (Å²) in [7, 11) is 0. The van der Waals surface area contributed by atoms with E-state index in [9.17, 15) is 19.2 Å². The van der Waals surface area contributed by atoms with Crippen LogP contribution in [0.1, 0.15) is 174 Å². The fraction of sp³-hybridized carbons (Fsp3) is 0.689. The smallest absolute Gasteiger partial charge is 0.328 e. The van der Waals surface area contributed by atoms with Crippen LogP contribution in [0, 0.1) is 0 Å². The number of carboxylic acid groups (broad SMARTS) is 1. The summed E-state index contributed by atoms with van der Waals surface area (Å²) in [6, 6.07) is -1.39. The summed E-state index contributed by atoms with van der Waals surface area (Å²) in [6.45, 7) is 3.31. The summed E-state index contributed by atoms with van der Waals surface area (Å²) in [5.41, 5.74) is 0. The quantitative estimate of drug-likeness (QED) is 0.0281. The van der Waals surface area contributed by atoms with E-state index in [-0.39, 0.29) is 30.9 Å². The molecule has 0 aromatic heterocycles. The second-order valence-electron chi connectivity index (χ2n) is 14.1. The molecule has 0 fully saturated rings. The van der Waals surface area contributed by atoms with Crippen LogP contribution < -0.4 is 10.6 Å². The molecule has 0 saturated heterocycles. The Morgan fingerprint density at radius 2 is 1.06 bits per heavy atom. The maximum atomic E-state index is 12.7. The van der Waals surface area contributed by atoms with Crippen molar-refractivity contribution in [3.05, 3.63) is 60.8 Å². The van der Waals surface area contributed by atoms with Gasteiger partial charge in [-0.25, -0.2) is 4.79 Å². The van der Waals surface area contributed by atoms with Gasteiger partial charge in [-0.1, -0.05) is 139 Å². The molecule has 0 heterocycles. The summed E-state index contributed by atoms with van der Waals surface area (Å²) in [5.74, 6) is -2.36. The van der Waals surface area contributed by atoms with Gasteiger partial charge in [0.25, 0.3) is 0 Å². The minimum absolute atomic E-state index is 0.0532. The molecule has 54 heavy (non-hydrogen) atoms. The van der Waals surface area contributed by atoms with Gasteiger partial charge >= 0.3 is 11.9 Å². The fourth-order valence-electron chi connectivity index (χ4n) is 5.80. The Kier molecular flexibility index (Phi) is 36.7. The first-order valence-electron chi connectivity index (χ1n) is 21.2. The van der Waals surface area contributed by atoms with Crippen LogP contribution in [-0.2, 0) is 23.9 Å². The van der Waals surface area contributed by atoms with Crippen molar-refractivity contribution in [1.82, 2.24) is 10.6 Å². The van der Waals surface area contributed by atoms with Gasteiger partial charge in [-0.3, -0.25) is 14.4 Å². The number of rotatable bonds is 37. The van der Waals surface area contributed by atoms with Crippen molar-refractivity contribution in [3.63, 3.8) is 0 Å². The Morgan fingerprint density at radius 3 is 1.59 bits per heavy atom. The molecule has 4 N–H and O–H groups in total. The van der Waals surface area contributed by atoms with E-state index in [0.717, 1.165) is 103 Å². The topological polar surface area (TPSA) is 142 Å². The molecule has 9 nitrogen and oxygen atoms in total. The van der Waals surface area contributed by atoms with Crippen LogP contribution in [0.5, 0.6) is 0 Å². The standard InChI is InChI=1S/C45H76N2O7/c1-3-5-7-9-11-12-13-14-15-16-17-18-19-20-21-22-23-24-25-27-33-37-44(51)54-40(34-30-26-10-8-6-4-2)35-31-28-29-32-36-42(49)46-38-43(50)47-41(39-48)45(52)53/h5,7,11-12,14-15,17-18,20-21,40-41,48H,3-4,6,8-10,13,16,19,22-39H2,1-2H3,(H,46,49)(H,47,50)(H,52,53)/b7-5-,12-11-,15-14-,18-17-,21-20-. The number of aliphatic carboxylic acids is 1. The highest BCUT2D eigenvalue weighted by molar-refractivity contribution is 5.87. The Labute approximate surface area is 328 Å². The van der Waals surface area contributed by atoms with Crippen LogP contribution in [0.3, 0.4) is 0 Å². The third-order valence-corrected chi connectivity index (χ3v) is 9.03. The van der Waals surface area contributed by atoms with Gasteiger partial charge in [0.1, 0.15) is 12.1 Å². The molecule has 2 atom stereocenters. The molecular formula is C45H76N2O7. The molecule has 9 heteroatoms. The monoisotopic (exact) mass is 757 g/mol. The van der Waals surface area contributed by atoms with E-state index in [1.165, 1.54) is 38.5 Å². The molecule has 0 spiro atoms. The van der Waals surface area contributed by atoms with E-state index in [1.54, 1.807) is 0 Å². The lowest BCUT2D eigenvalue weighted by Crippen LogP contribution is -2.47. The highest BCUT2D eigenvalue weighted by atomic mass is 16.5. The first kappa shape index (κ1) is 50.5. The van der Waals surface area contributed by atoms with E-state index in [2.05, 4.69) is 85.2 Å². The zero-order valence-corrected chi connectivity index (χ0v) is 34.0. The van der Waals surface area contributed by atoms with Gasteiger partial charge in [0, 0.05) is 12.8 Å². The Morgan fingerprint density at radius 1 is 0.574 bits per heavy atom. The minimum Gasteiger partial charge on any atom is -0.480 e. The van der Waals surface area contributed by atoms with E-state index in [1.807, 2.05) is 0 Å². The van der Waals surface area contributed by atoms with E-state index < -0.39 is 24.5 Å². The lowest BCUT2D eigenvalue weighted by atomic mass is 10.0. The molecule has 308 valence electrons. The average molecular weight is 757 g/mol. The van der Waals surface area contributed by atoms with Crippen molar-refractivity contribution in [2.45, 2.75) is 187 Å². The second-order valence-corrected chi connectivity index (χ2v) is 14.1. The molecule has 0 saturated carbocycles. The molecule has 0 aliphatic carbocycles. The predicted octanol–water partition coefficient (Wildman–Crippen LogP) is 10.1. The van der Waals surface area contributed by atoms with Crippen LogP contribution in [0.4, 0.5) is 0 Å². The molecule has 0 aromatic rings. The van der Waals surface area contributed by atoms with Gasteiger partial charge in [-0.2, -0.15) is 0 Å². The number of carbonyl (C=O) groups is 4. The molecule has 0 aliphatic heterocycles. The van der Waals surface area contributed by atoms with E-state index in [4.69, 9.17) is 14.9 Å². The lowest BCUT2D eigenvalue weighted by molar-refractivity contribution is -0.150. The SMILES string of the molecule is CC/C=C\C/C=C\C/C=C\C/C=C\C/C=C\CCCCCCCC(=O)OC(CCCCCCCC)CCCCCCC(=O)NCC(=O)NC(CO)C(=O)O. The van der Waals surface area contributed by atoms with Crippen molar-refractivity contribution < 1.29 is 34.1 Å². The molecule has 0 rings (SSSR count). The number of aliphatic hydroxyl groups excluding tert-OH is 1. The summed E-state index contributed by atoms with van der Waals surface area (Å²) >= 11 is 0. The summed E-state index contributed by atoms with van der Waals surface area (Å²) in [4.78, 5) is 47.5. The number of carboxylic acids is 1. The number of esters is 1. The molecule has 0 bridgehead atoms. The first-order chi connectivity index (χ1) is 26.3. The molecule has 2 amide bonds. The van der Waals surface area contributed by atoms with E-state index in [0.29, 0.717) is 12.8 Å². The highest BCUT2D eigenvalue weighted by Crippen LogP contribution is 2.18. The number of nitrogens with one attached hydrogen (secondary N) is 2. The summed E-state index contributed by atoms with van der Waals surface area (Å²) in [6.07, 6.45) is 46.8. The van der Waals surface area contributed by atoms with Crippen LogP contribution in [0.2, 0.25) is 0 Å². The fourth-order valence-corrected chi connectivity index (χ4v) is 5.80. The minimum atomic E-state index is -1.39. The second kappa shape index (κ2) is 39.2. The maximum Gasteiger partial charge on any atom is 0.328 e. The number of carbonyl (C=O) groups excluding carboxylic acids is 3. The maximum absolute atomic E-state index is 12.7. The molecular weight excluding hydrogens is 681 g/mol. The van der Waals surface area contributed by atoms with Crippen LogP contribution in [-0.4, -0.2) is 59.3 Å². The zero-order valence-electron chi connectivity index (χ0n) is 34.0. The Balaban J connectivity index is 4.15. The number of ether oxygens (including phenoxy) is 1. The van der Waals surface area contributed by atoms with Gasteiger partial charge in [0.05, 0.1) is 13.2 Å². The van der Waals surface area contributed by atoms with Crippen molar-refractivity contribution in [1.29, 1.82) is 0 Å². The first-order valence-corrected chi connectivity index (χ1v) is 21.2. The number of amides is 2. The predicted molar refractivity (Wildman–Crippen MR) is 222 cm³/mol. The van der Waals surface area contributed by atoms with Gasteiger partial charge < -0.3 is 25.6 Å². The van der Waals surface area contributed by atoms with Crippen molar-refractivity contribution in [2.24, 2.45) is 0 Å². The van der Waals surface area contributed by atoms with Crippen LogP contribution in [0.25, 0.3) is 0 Å². The Hall–Kier alpha value is -3.46. The van der Waals surface area contributed by atoms with Crippen molar-refractivity contribution in [2.75, 3.05) is 13.2 Å². The molecule has 2 unspecified atom stereocenters. The Bertz CT molecular complexity index is 1100. The number of hydrogen-bond donors (Lipinski definition) is 4. The molecule has 0 aromatic carbocycles. The normalized spacial score (nSPS) is 13.1. The van der Waals surface area contributed by atoms with Crippen LogP contribution in [0.15, 0.2) is 60.8 Å². The van der Waals surface area contributed by atoms with Gasteiger partial charge in [-0.05, 0) is 83.5 Å². The number of aliphatic hydroxyl groups is 1. The van der Waals surface area contributed by atoms with Gasteiger partial charge in [0.2, 0.25) is 11.8 Å². The number of unbranched alkanes of at least 4 members (excludes halogenated alkanes) is 13. The van der Waals surface area contributed by atoms with Gasteiger partial charge in [0.15, 0.2) is 0 Å². The molecule has 0 radical (unpaired) electrons.